The van der Waals surface area contributed by atoms with Crippen LogP contribution in [0.2, 0.25) is 0 Å². The summed E-state index contributed by atoms with van der Waals surface area (Å²) in [7, 11) is -3.28. The summed E-state index contributed by atoms with van der Waals surface area (Å²) in [4.78, 5) is 0. The fourth-order valence-electron chi connectivity index (χ4n) is 2.04. The molecule has 0 bridgehead atoms. The van der Waals surface area contributed by atoms with E-state index in [1.54, 1.807) is 0 Å². The van der Waals surface area contributed by atoms with Crippen molar-refractivity contribution in [1.82, 2.24) is 4.31 Å². The van der Waals surface area contributed by atoms with Crippen LogP contribution in [0.25, 0.3) is 0 Å². The maximum atomic E-state index is 12.2. The number of rotatable bonds is 4. The van der Waals surface area contributed by atoms with Crippen molar-refractivity contribution in [3.63, 3.8) is 0 Å². The third-order valence-corrected chi connectivity index (χ3v) is 5.74. The Kier molecular flexibility index (Phi) is 4.73. The molecular formula is C10H22N2O3S. The first kappa shape index (κ1) is 13.9. The third-order valence-electron chi connectivity index (χ3n) is 3.32. The molecule has 5 nitrogen and oxygen atoms in total. The van der Waals surface area contributed by atoms with E-state index in [1.165, 1.54) is 4.31 Å². The van der Waals surface area contributed by atoms with E-state index in [0.29, 0.717) is 25.9 Å². The van der Waals surface area contributed by atoms with Gasteiger partial charge in [-0.2, -0.15) is 0 Å². The maximum Gasteiger partial charge on any atom is 0.218 e. The number of nitrogens with two attached hydrogens (primary N) is 1. The number of hydrogen-bond donors (Lipinski definition) is 2. The zero-order valence-electron chi connectivity index (χ0n) is 9.96. The molecule has 1 aliphatic heterocycles. The van der Waals surface area contributed by atoms with Crippen molar-refractivity contribution in [2.45, 2.75) is 38.0 Å². The lowest BCUT2D eigenvalue weighted by Gasteiger charge is -2.35. The van der Waals surface area contributed by atoms with Crippen LogP contribution in [-0.4, -0.2) is 48.8 Å². The monoisotopic (exact) mass is 250 g/mol. The molecule has 3 atom stereocenters. The van der Waals surface area contributed by atoms with Gasteiger partial charge in [0.05, 0.1) is 11.4 Å². The molecule has 1 rings (SSSR count). The normalized spacial score (nSPS) is 30.2. The van der Waals surface area contributed by atoms with Crippen molar-refractivity contribution in [3.8, 4) is 0 Å². The fourth-order valence-corrected chi connectivity index (χ4v) is 3.92. The summed E-state index contributed by atoms with van der Waals surface area (Å²) in [6.07, 6.45) is 0.664. The third kappa shape index (κ3) is 2.74. The predicted octanol–water partition coefficient (Wildman–Crippen LogP) is -0.244. The van der Waals surface area contributed by atoms with Crippen LogP contribution in [0.3, 0.4) is 0 Å². The van der Waals surface area contributed by atoms with E-state index >= 15 is 0 Å². The Balaban J connectivity index is 2.77. The Morgan fingerprint density at radius 2 is 2.19 bits per heavy atom. The molecular weight excluding hydrogens is 228 g/mol. The van der Waals surface area contributed by atoms with E-state index in [0.717, 1.165) is 0 Å². The maximum absolute atomic E-state index is 12.2. The first-order valence-electron chi connectivity index (χ1n) is 5.80. The molecule has 0 saturated carbocycles. The van der Waals surface area contributed by atoms with Crippen molar-refractivity contribution in [1.29, 1.82) is 0 Å². The van der Waals surface area contributed by atoms with Crippen molar-refractivity contribution >= 4 is 10.0 Å². The minimum atomic E-state index is -3.28. The van der Waals surface area contributed by atoms with Crippen LogP contribution in [-0.2, 0) is 10.0 Å². The molecule has 96 valence electrons. The van der Waals surface area contributed by atoms with E-state index in [-0.39, 0.29) is 18.6 Å². The first-order chi connectivity index (χ1) is 7.43. The van der Waals surface area contributed by atoms with Gasteiger partial charge in [0, 0.05) is 19.6 Å². The van der Waals surface area contributed by atoms with Crippen LogP contribution < -0.4 is 5.73 Å². The Morgan fingerprint density at radius 1 is 1.56 bits per heavy atom. The van der Waals surface area contributed by atoms with Gasteiger partial charge in [-0.15, -0.1) is 0 Å². The summed E-state index contributed by atoms with van der Waals surface area (Å²) < 4.78 is 25.8. The van der Waals surface area contributed by atoms with E-state index in [2.05, 4.69) is 0 Å². The first-order valence-corrected chi connectivity index (χ1v) is 7.30. The van der Waals surface area contributed by atoms with Crippen LogP contribution in [0.4, 0.5) is 0 Å². The molecule has 16 heavy (non-hydrogen) atoms. The Hall–Kier alpha value is -0.170. The molecule has 0 amide bonds. The van der Waals surface area contributed by atoms with E-state index < -0.39 is 15.3 Å². The van der Waals surface area contributed by atoms with E-state index in [1.807, 2.05) is 13.8 Å². The molecule has 3 unspecified atom stereocenters. The van der Waals surface area contributed by atoms with Gasteiger partial charge in [-0.3, -0.25) is 0 Å². The topological polar surface area (TPSA) is 83.6 Å². The van der Waals surface area contributed by atoms with Crippen LogP contribution in [0, 0.1) is 5.92 Å². The summed E-state index contributed by atoms with van der Waals surface area (Å²) in [5.74, 6) is -0.00111. The van der Waals surface area contributed by atoms with Crippen LogP contribution in [0.15, 0.2) is 0 Å². The van der Waals surface area contributed by atoms with E-state index in [9.17, 15) is 13.5 Å². The van der Waals surface area contributed by atoms with Crippen molar-refractivity contribution < 1.29 is 13.5 Å². The van der Waals surface area contributed by atoms with Gasteiger partial charge in [0.15, 0.2) is 0 Å². The highest BCUT2D eigenvalue weighted by molar-refractivity contribution is 7.89. The summed E-state index contributed by atoms with van der Waals surface area (Å²) >= 11 is 0. The summed E-state index contributed by atoms with van der Waals surface area (Å²) in [6.45, 7) is 4.67. The number of nitrogens with zero attached hydrogens (tertiary/aromatic N) is 1. The SMILES string of the molecule is CCC(CN)S(=O)(=O)N1CCC(O)C(C)C1. The summed E-state index contributed by atoms with van der Waals surface area (Å²) in [6, 6.07) is 0. The second-order valence-corrected chi connectivity index (χ2v) is 6.72. The molecule has 0 aliphatic carbocycles. The molecule has 1 saturated heterocycles. The standard InChI is InChI=1S/C10H22N2O3S/c1-3-9(6-11)16(14,15)12-5-4-10(13)8(2)7-12/h8-10,13H,3-7,11H2,1-2H3. The average molecular weight is 250 g/mol. The molecule has 1 fully saturated rings. The van der Waals surface area contributed by atoms with Crippen LogP contribution >= 0.6 is 0 Å². The predicted molar refractivity (Wildman–Crippen MR) is 63.4 cm³/mol. The van der Waals surface area contributed by atoms with Gasteiger partial charge < -0.3 is 10.8 Å². The minimum Gasteiger partial charge on any atom is -0.393 e. The minimum absolute atomic E-state index is 0.00111. The quantitative estimate of drug-likeness (QED) is 0.721. The summed E-state index contributed by atoms with van der Waals surface area (Å²) in [5, 5.41) is 9.08. The zero-order valence-corrected chi connectivity index (χ0v) is 10.8. The highest BCUT2D eigenvalue weighted by Crippen LogP contribution is 2.22. The van der Waals surface area contributed by atoms with Crippen LogP contribution in [0.1, 0.15) is 26.7 Å². The number of aliphatic hydroxyl groups is 1. The van der Waals surface area contributed by atoms with Crippen LogP contribution in [0.5, 0.6) is 0 Å². The molecule has 1 aliphatic rings. The molecule has 6 heteroatoms. The van der Waals surface area contributed by atoms with Gasteiger partial charge in [-0.25, -0.2) is 12.7 Å². The second-order valence-electron chi connectivity index (χ2n) is 4.50. The molecule has 0 spiro atoms. The van der Waals surface area contributed by atoms with Gasteiger partial charge in [-0.05, 0) is 18.8 Å². The fraction of sp³-hybridized carbons (Fsp3) is 1.00. The lowest BCUT2D eigenvalue weighted by Crippen LogP contribution is -2.49. The number of sulfonamides is 1. The zero-order chi connectivity index (χ0) is 12.3. The number of piperidine rings is 1. The molecule has 0 aromatic carbocycles. The van der Waals surface area contributed by atoms with Gasteiger partial charge >= 0.3 is 0 Å². The smallest absolute Gasteiger partial charge is 0.218 e. The van der Waals surface area contributed by atoms with Gasteiger partial charge in [-0.1, -0.05) is 13.8 Å². The Morgan fingerprint density at radius 3 is 2.62 bits per heavy atom. The number of hydrogen-bond acceptors (Lipinski definition) is 4. The molecule has 0 aromatic rings. The number of aliphatic hydroxyl groups excluding tert-OH is 1. The lowest BCUT2D eigenvalue weighted by molar-refractivity contribution is 0.0625. The van der Waals surface area contributed by atoms with Crippen molar-refractivity contribution in [3.05, 3.63) is 0 Å². The summed E-state index contributed by atoms with van der Waals surface area (Å²) in [5.41, 5.74) is 5.48. The van der Waals surface area contributed by atoms with Gasteiger partial charge in [0.2, 0.25) is 10.0 Å². The molecule has 3 N–H and O–H groups in total. The molecule has 0 radical (unpaired) electrons. The molecule has 1 heterocycles. The van der Waals surface area contributed by atoms with Crippen molar-refractivity contribution in [2.24, 2.45) is 11.7 Å². The highest BCUT2D eigenvalue weighted by atomic mass is 32.2. The Bertz CT molecular complexity index is 314. The van der Waals surface area contributed by atoms with Gasteiger partial charge in [0.1, 0.15) is 0 Å². The van der Waals surface area contributed by atoms with Crippen molar-refractivity contribution in [2.75, 3.05) is 19.6 Å². The largest absolute Gasteiger partial charge is 0.393 e. The average Bonchev–Trinajstić information content (AvgIpc) is 2.23. The second kappa shape index (κ2) is 5.44. The molecule has 0 aromatic heterocycles. The highest BCUT2D eigenvalue weighted by Gasteiger charge is 2.35. The lowest BCUT2D eigenvalue weighted by atomic mass is 9.99. The van der Waals surface area contributed by atoms with E-state index in [4.69, 9.17) is 5.73 Å². The Labute approximate surface area is 97.7 Å². The van der Waals surface area contributed by atoms with Gasteiger partial charge in [0.25, 0.3) is 0 Å².